The number of rotatable bonds is 6. The van der Waals surface area contributed by atoms with Crippen molar-refractivity contribution in [1.82, 2.24) is 0 Å². The van der Waals surface area contributed by atoms with Crippen molar-refractivity contribution >= 4 is 91.2 Å². The molecule has 0 unspecified atom stereocenters. The van der Waals surface area contributed by atoms with Crippen molar-refractivity contribution < 1.29 is 4.42 Å². The summed E-state index contributed by atoms with van der Waals surface area (Å²) in [6.45, 7) is 0. The van der Waals surface area contributed by atoms with Gasteiger partial charge in [-0.1, -0.05) is 170 Å². The maximum absolute atomic E-state index is 7.41. The van der Waals surface area contributed by atoms with Crippen molar-refractivity contribution in [3.63, 3.8) is 0 Å². The average Bonchev–Trinajstić information content (AvgIpc) is 3.56. The molecule has 222 valence electrons. The monoisotopic (exact) mass is 636 g/mol. The Kier molecular flexibility index (Phi) is 7.16. The van der Waals surface area contributed by atoms with Crippen molar-refractivity contribution in [3.8, 4) is 0 Å². The van der Waals surface area contributed by atoms with Crippen LogP contribution in [0.3, 0.4) is 0 Å². The highest BCUT2D eigenvalue weighted by molar-refractivity contribution is 7.80. The van der Waals surface area contributed by atoms with Crippen LogP contribution in [-0.2, 0) is 0 Å². The molecule has 0 aliphatic heterocycles. The molecule has 1 aromatic heterocycles. The van der Waals surface area contributed by atoms with E-state index in [1.165, 1.54) is 64.1 Å². The van der Waals surface area contributed by atoms with Crippen LogP contribution in [0.5, 0.6) is 0 Å². The average molecular weight is 637 g/mol. The first-order valence-corrected chi connectivity index (χ1v) is 18.6. The van der Waals surface area contributed by atoms with Crippen molar-refractivity contribution in [2.24, 2.45) is 0 Å². The fraction of sp³-hybridized carbons (Fsp3) is 0. The second-order valence-corrected chi connectivity index (χ2v) is 16.1. The van der Waals surface area contributed by atoms with Gasteiger partial charge in [0.15, 0.2) is 0 Å². The first-order valence-electron chi connectivity index (χ1n) is 16.0. The first-order chi connectivity index (χ1) is 23.3. The van der Waals surface area contributed by atoms with E-state index in [4.69, 9.17) is 4.42 Å². The molecule has 0 saturated heterocycles. The molecule has 3 heteroatoms. The predicted octanol–water partition coefficient (Wildman–Crippen LogP) is 9.41. The second kappa shape index (κ2) is 11.9. The summed E-state index contributed by atoms with van der Waals surface area (Å²) in [4.78, 5) is 0. The molecule has 1 heterocycles. The third kappa shape index (κ3) is 4.87. The van der Waals surface area contributed by atoms with Crippen LogP contribution in [0.4, 0.5) is 0 Å². The maximum Gasteiger partial charge on any atom is 0.144 e. The van der Waals surface area contributed by atoms with Crippen LogP contribution < -0.4 is 31.8 Å². The quantitative estimate of drug-likeness (QED) is 0.166. The molecule has 0 fully saturated rings. The summed E-state index contributed by atoms with van der Waals surface area (Å²) < 4.78 is 7.41. The van der Waals surface area contributed by atoms with Gasteiger partial charge in [0, 0.05) is 21.4 Å². The Morgan fingerprint density at radius 3 is 0.957 bits per heavy atom. The SMILES string of the molecule is c1ccc(P(c2ccccc2)c2cc3ccccc3c3c2oc2c(P(c4ccccc4)c4ccccc4)cc4ccccc4c23)cc1. The Bertz CT molecular complexity index is 2250. The summed E-state index contributed by atoms with van der Waals surface area (Å²) in [5.41, 5.74) is 1.98. The van der Waals surface area contributed by atoms with E-state index in [-0.39, 0.29) is 0 Å². The van der Waals surface area contributed by atoms with Crippen LogP contribution in [-0.4, -0.2) is 0 Å². The van der Waals surface area contributed by atoms with Gasteiger partial charge in [-0.25, -0.2) is 0 Å². The van der Waals surface area contributed by atoms with E-state index in [0.717, 1.165) is 11.2 Å². The Balaban J connectivity index is 1.46. The van der Waals surface area contributed by atoms with Crippen LogP contribution >= 0.6 is 15.8 Å². The summed E-state index contributed by atoms with van der Waals surface area (Å²) in [5, 5.41) is 15.1. The first kappa shape index (κ1) is 28.2. The fourth-order valence-electron chi connectivity index (χ4n) is 6.93. The molecule has 0 saturated carbocycles. The summed E-state index contributed by atoms with van der Waals surface area (Å²) in [5.74, 6) is 0. The third-order valence-electron chi connectivity index (χ3n) is 8.96. The molecule has 0 aliphatic carbocycles. The van der Waals surface area contributed by atoms with E-state index < -0.39 is 15.8 Å². The Labute approximate surface area is 276 Å². The van der Waals surface area contributed by atoms with Crippen molar-refractivity contribution in [2.45, 2.75) is 0 Å². The summed E-state index contributed by atoms with van der Waals surface area (Å²) in [6, 6.07) is 66.3. The molecule has 0 radical (unpaired) electrons. The van der Waals surface area contributed by atoms with E-state index in [2.05, 4.69) is 182 Å². The molecule has 0 aliphatic rings. The highest BCUT2D eigenvalue weighted by Crippen LogP contribution is 2.46. The number of furan rings is 1. The van der Waals surface area contributed by atoms with Gasteiger partial charge in [0.25, 0.3) is 0 Å². The smallest absolute Gasteiger partial charge is 0.144 e. The fourth-order valence-corrected chi connectivity index (χ4v) is 11.8. The molecule has 47 heavy (non-hydrogen) atoms. The largest absolute Gasteiger partial charge is 0.455 e. The number of benzene rings is 8. The van der Waals surface area contributed by atoms with E-state index in [1.807, 2.05) is 0 Å². The second-order valence-electron chi connectivity index (χ2n) is 11.8. The molecule has 9 rings (SSSR count). The topological polar surface area (TPSA) is 13.1 Å². The predicted molar refractivity (Wildman–Crippen MR) is 206 cm³/mol. The van der Waals surface area contributed by atoms with Crippen molar-refractivity contribution in [2.75, 3.05) is 0 Å². The molecule has 0 bridgehead atoms. The van der Waals surface area contributed by atoms with E-state index in [1.54, 1.807) is 0 Å². The zero-order valence-corrected chi connectivity index (χ0v) is 27.4. The molecule has 1 nitrogen and oxygen atoms in total. The standard InChI is InChI=1S/C44H30OP2/c1-5-19-33(20-6-1)46(34-21-7-2-8-22-34)39-29-31-17-13-15-27-37(31)41-42-38-28-16-14-18-32(38)30-40(44(42)45-43(39)41)47(35-23-9-3-10-24-35)36-25-11-4-12-26-36/h1-30H. The van der Waals surface area contributed by atoms with Gasteiger partial charge < -0.3 is 4.42 Å². The van der Waals surface area contributed by atoms with Crippen LogP contribution in [0, 0.1) is 0 Å². The lowest BCUT2D eigenvalue weighted by Gasteiger charge is -2.20. The lowest BCUT2D eigenvalue weighted by atomic mass is 9.99. The number of fused-ring (bicyclic) bond motifs is 7. The minimum Gasteiger partial charge on any atom is -0.455 e. The van der Waals surface area contributed by atoms with E-state index in [9.17, 15) is 0 Å². The maximum atomic E-state index is 7.41. The number of hydrogen-bond acceptors (Lipinski definition) is 1. The lowest BCUT2D eigenvalue weighted by Crippen LogP contribution is -2.21. The zero-order valence-electron chi connectivity index (χ0n) is 25.6. The Morgan fingerprint density at radius 2 is 0.617 bits per heavy atom. The van der Waals surface area contributed by atoms with Crippen LogP contribution in [0.15, 0.2) is 186 Å². The van der Waals surface area contributed by atoms with Gasteiger partial charge in [-0.15, -0.1) is 0 Å². The van der Waals surface area contributed by atoms with Gasteiger partial charge in [-0.3, -0.25) is 0 Å². The molecule has 9 aromatic rings. The molecule has 0 N–H and O–H groups in total. The summed E-state index contributed by atoms with van der Waals surface area (Å²) in [7, 11) is -1.80. The van der Waals surface area contributed by atoms with Gasteiger partial charge >= 0.3 is 0 Å². The van der Waals surface area contributed by atoms with Crippen LogP contribution in [0.1, 0.15) is 0 Å². The Hall–Kier alpha value is -5.06. The molecular weight excluding hydrogens is 606 g/mol. The van der Waals surface area contributed by atoms with Crippen LogP contribution in [0.25, 0.3) is 43.5 Å². The van der Waals surface area contributed by atoms with Crippen molar-refractivity contribution in [3.05, 3.63) is 182 Å². The molecular formula is C44H30OP2. The molecule has 0 atom stereocenters. The molecule has 0 amide bonds. The van der Waals surface area contributed by atoms with Gasteiger partial charge in [-0.2, -0.15) is 0 Å². The summed E-state index contributed by atoms with van der Waals surface area (Å²) >= 11 is 0. The lowest BCUT2D eigenvalue weighted by molar-refractivity contribution is 0.675. The minimum absolute atomic E-state index is 0.900. The van der Waals surface area contributed by atoms with Gasteiger partial charge in [0.2, 0.25) is 0 Å². The normalized spacial score (nSPS) is 11.8. The van der Waals surface area contributed by atoms with E-state index in [0.29, 0.717) is 0 Å². The zero-order chi connectivity index (χ0) is 31.2. The summed E-state index contributed by atoms with van der Waals surface area (Å²) in [6.07, 6.45) is 0. The molecule has 0 spiro atoms. The minimum atomic E-state index is -0.900. The Morgan fingerprint density at radius 1 is 0.319 bits per heavy atom. The van der Waals surface area contributed by atoms with Crippen LogP contribution in [0.2, 0.25) is 0 Å². The molecule has 8 aromatic carbocycles. The van der Waals surface area contributed by atoms with Crippen molar-refractivity contribution in [1.29, 1.82) is 0 Å². The van der Waals surface area contributed by atoms with Gasteiger partial charge in [0.05, 0.1) is 0 Å². The highest BCUT2D eigenvalue weighted by atomic mass is 31.1. The van der Waals surface area contributed by atoms with E-state index >= 15 is 0 Å². The third-order valence-corrected chi connectivity index (χ3v) is 13.8. The van der Waals surface area contributed by atoms with Gasteiger partial charge in [0.1, 0.15) is 11.2 Å². The van der Waals surface area contributed by atoms with Gasteiger partial charge in [-0.05, 0) is 70.7 Å². The number of hydrogen-bond donors (Lipinski definition) is 0. The highest BCUT2D eigenvalue weighted by Gasteiger charge is 2.28.